The molecule has 22 heavy (non-hydrogen) atoms. The summed E-state index contributed by atoms with van der Waals surface area (Å²) < 4.78 is 5.90. The van der Waals surface area contributed by atoms with Gasteiger partial charge in [-0.05, 0) is 43.7 Å². The van der Waals surface area contributed by atoms with Crippen LogP contribution in [0.2, 0.25) is 0 Å². The van der Waals surface area contributed by atoms with E-state index in [1.165, 1.54) is 16.7 Å². The quantitative estimate of drug-likeness (QED) is 0.927. The first-order chi connectivity index (χ1) is 10.5. The third-order valence-electron chi connectivity index (χ3n) is 4.79. The van der Waals surface area contributed by atoms with Crippen molar-refractivity contribution >= 4 is 5.91 Å². The number of nitrogens with one attached hydrogen (secondary N) is 1. The Morgan fingerprint density at radius 3 is 2.91 bits per heavy atom. The zero-order valence-electron chi connectivity index (χ0n) is 13.8. The van der Waals surface area contributed by atoms with Crippen LogP contribution in [-0.4, -0.2) is 43.7 Å². The molecule has 3 unspecified atom stereocenters. The largest absolute Gasteiger partial charge is 0.364 e. The standard InChI is InChI=1S/C18H26N2O2/c1-12-4-5-13-6-8-16(15(13)10-12)19-11-14-7-9-17(22-14)18(21)20(2)3/h4-5,10,14,16-17,19H,6-9,11H2,1-3H3. The van der Waals surface area contributed by atoms with Crippen LogP contribution >= 0.6 is 0 Å². The van der Waals surface area contributed by atoms with Gasteiger partial charge < -0.3 is 15.0 Å². The number of likely N-dealkylation sites (N-methyl/N-ethyl adjacent to an activating group) is 1. The first-order valence-corrected chi connectivity index (χ1v) is 8.24. The van der Waals surface area contributed by atoms with Crippen LogP contribution in [0.15, 0.2) is 18.2 Å². The highest BCUT2D eigenvalue weighted by atomic mass is 16.5. The molecule has 2 aliphatic rings. The molecule has 0 radical (unpaired) electrons. The molecule has 4 heteroatoms. The van der Waals surface area contributed by atoms with Crippen LogP contribution in [0.25, 0.3) is 0 Å². The van der Waals surface area contributed by atoms with E-state index in [4.69, 9.17) is 4.74 Å². The molecule has 1 heterocycles. The second-order valence-electron chi connectivity index (χ2n) is 6.76. The number of hydrogen-bond acceptors (Lipinski definition) is 3. The lowest BCUT2D eigenvalue weighted by molar-refractivity contribution is -0.140. The molecular weight excluding hydrogens is 276 g/mol. The fourth-order valence-corrected chi connectivity index (χ4v) is 3.53. The van der Waals surface area contributed by atoms with Crippen molar-refractivity contribution in [3.05, 3.63) is 34.9 Å². The van der Waals surface area contributed by atoms with Gasteiger partial charge in [-0.2, -0.15) is 0 Å². The summed E-state index contributed by atoms with van der Waals surface area (Å²) in [5.41, 5.74) is 4.23. The molecule has 1 aliphatic heterocycles. The van der Waals surface area contributed by atoms with Crippen molar-refractivity contribution in [1.29, 1.82) is 0 Å². The van der Waals surface area contributed by atoms with Gasteiger partial charge in [-0.3, -0.25) is 4.79 Å². The third kappa shape index (κ3) is 3.18. The lowest BCUT2D eigenvalue weighted by Gasteiger charge is -2.20. The highest BCUT2D eigenvalue weighted by Gasteiger charge is 2.32. The molecule has 3 rings (SSSR count). The maximum Gasteiger partial charge on any atom is 0.251 e. The van der Waals surface area contributed by atoms with Gasteiger partial charge in [-0.25, -0.2) is 0 Å². The Morgan fingerprint density at radius 1 is 1.32 bits per heavy atom. The average molecular weight is 302 g/mol. The minimum atomic E-state index is -0.250. The van der Waals surface area contributed by atoms with Crippen LogP contribution in [-0.2, 0) is 16.0 Å². The van der Waals surface area contributed by atoms with Crippen LogP contribution < -0.4 is 5.32 Å². The van der Waals surface area contributed by atoms with Gasteiger partial charge >= 0.3 is 0 Å². The lowest BCUT2D eigenvalue weighted by Crippen LogP contribution is -2.35. The molecule has 1 aromatic carbocycles. The normalized spacial score (nSPS) is 27.0. The first kappa shape index (κ1) is 15.5. The van der Waals surface area contributed by atoms with E-state index in [1.54, 1.807) is 19.0 Å². The molecule has 0 aromatic heterocycles. The van der Waals surface area contributed by atoms with Crippen molar-refractivity contribution in [3.8, 4) is 0 Å². The van der Waals surface area contributed by atoms with Crippen LogP contribution in [0.1, 0.15) is 42.0 Å². The lowest BCUT2D eigenvalue weighted by atomic mass is 10.0. The Bertz CT molecular complexity index is 556. The summed E-state index contributed by atoms with van der Waals surface area (Å²) >= 11 is 0. The second kappa shape index (κ2) is 6.39. The van der Waals surface area contributed by atoms with Crippen LogP contribution in [0.5, 0.6) is 0 Å². The summed E-state index contributed by atoms with van der Waals surface area (Å²) in [7, 11) is 3.57. The highest BCUT2D eigenvalue weighted by molar-refractivity contribution is 5.80. The fraction of sp³-hybridized carbons (Fsp3) is 0.611. The molecule has 0 spiro atoms. The summed E-state index contributed by atoms with van der Waals surface area (Å²) in [6.07, 6.45) is 4.02. The summed E-state index contributed by atoms with van der Waals surface area (Å²) in [6.45, 7) is 2.97. The second-order valence-corrected chi connectivity index (χ2v) is 6.76. The Balaban J connectivity index is 1.53. The van der Waals surface area contributed by atoms with Crippen molar-refractivity contribution in [2.75, 3.05) is 20.6 Å². The first-order valence-electron chi connectivity index (χ1n) is 8.24. The van der Waals surface area contributed by atoms with Crippen molar-refractivity contribution in [3.63, 3.8) is 0 Å². The zero-order valence-corrected chi connectivity index (χ0v) is 13.8. The third-order valence-corrected chi connectivity index (χ3v) is 4.79. The highest BCUT2D eigenvalue weighted by Crippen LogP contribution is 2.32. The predicted octanol–water partition coefficient (Wildman–Crippen LogP) is 2.21. The Morgan fingerprint density at radius 2 is 2.14 bits per heavy atom. The van der Waals surface area contributed by atoms with E-state index < -0.39 is 0 Å². The minimum absolute atomic E-state index is 0.0873. The van der Waals surface area contributed by atoms with Crippen molar-refractivity contribution < 1.29 is 9.53 Å². The van der Waals surface area contributed by atoms with E-state index in [0.717, 1.165) is 32.2 Å². The number of carbonyl (C=O) groups is 1. The van der Waals surface area contributed by atoms with Gasteiger partial charge in [-0.1, -0.05) is 23.8 Å². The number of aryl methyl sites for hydroxylation is 2. The number of carbonyl (C=O) groups excluding carboxylic acids is 1. The Labute approximate surface area is 132 Å². The predicted molar refractivity (Wildman–Crippen MR) is 86.8 cm³/mol. The number of amides is 1. The number of nitrogens with zero attached hydrogens (tertiary/aromatic N) is 1. The van der Waals surface area contributed by atoms with E-state index in [1.807, 2.05) is 0 Å². The molecule has 1 N–H and O–H groups in total. The van der Waals surface area contributed by atoms with E-state index in [0.29, 0.717) is 6.04 Å². The van der Waals surface area contributed by atoms with Gasteiger partial charge in [0, 0.05) is 26.7 Å². The van der Waals surface area contributed by atoms with Gasteiger partial charge in [0.15, 0.2) is 0 Å². The number of hydrogen-bond donors (Lipinski definition) is 1. The fourth-order valence-electron chi connectivity index (χ4n) is 3.53. The molecule has 3 atom stereocenters. The minimum Gasteiger partial charge on any atom is -0.364 e. The molecule has 1 aliphatic carbocycles. The van der Waals surface area contributed by atoms with Crippen LogP contribution in [0.3, 0.4) is 0 Å². The molecular formula is C18H26N2O2. The molecule has 1 amide bonds. The van der Waals surface area contributed by atoms with Gasteiger partial charge in [0.05, 0.1) is 6.10 Å². The van der Waals surface area contributed by atoms with E-state index >= 15 is 0 Å². The maximum absolute atomic E-state index is 11.9. The van der Waals surface area contributed by atoms with Crippen molar-refractivity contribution in [2.45, 2.75) is 50.9 Å². The van der Waals surface area contributed by atoms with Gasteiger partial charge in [0.25, 0.3) is 5.91 Å². The average Bonchev–Trinajstić information content (AvgIpc) is 3.10. The van der Waals surface area contributed by atoms with Crippen LogP contribution in [0, 0.1) is 6.92 Å². The summed E-state index contributed by atoms with van der Waals surface area (Å²) in [4.78, 5) is 13.6. The van der Waals surface area contributed by atoms with E-state index in [9.17, 15) is 4.79 Å². The summed E-state index contributed by atoms with van der Waals surface area (Å²) in [6, 6.07) is 7.18. The number of rotatable bonds is 4. The van der Waals surface area contributed by atoms with E-state index in [2.05, 4.69) is 30.4 Å². The topological polar surface area (TPSA) is 41.6 Å². The number of benzene rings is 1. The van der Waals surface area contributed by atoms with Gasteiger partial charge in [0.2, 0.25) is 0 Å². The zero-order chi connectivity index (χ0) is 15.7. The number of fused-ring (bicyclic) bond motifs is 1. The molecule has 0 saturated carbocycles. The molecule has 4 nitrogen and oxygen atoms in total. The molecule has 1 saturated heterocycles. The summed E-state index contributed by atoms with van der Waals surface area (Å²) in [5.74, 6) is 0.0873. The van der Waals surface area contributed by atoms with Gasteiger partial charge in [-0.15, -0.1) is 0 Å². The molecule has 120 valence electrons. The maximum atomic E-state index is 11.9. The Hall–Kier alpha value is -1.39. The van der Waals surface area contributed by atoms with Crippen molar-refractivity contribution in [2.24, 2.45) is 0 Å². The molecule has 0 bridgehead atoms. The van der Waals surface area contributed by atoms with Crippen molar-refractivity contribution in [1.82, 2.24) is 10.2 Å². The smallest absolute Gasteiger partial charge is 0.251 e. The van der Waals surface area contributed by atoms with Gasteiger partial charge in [0.1, 0.15) is 6.10 Å². The number of ether oxygens (including phenoxy) is 1. The summed E-state index contributed by atoms with van der Waals surface area (Å²) in [5, 5.41) is 3.65. The van der Waals surface area contributed by atoms with E-state index in [-0.39, 0.29) is 18.1 Å². The van der Waals surface area contributed by atoms with Crippen LogP contribution in [0.4, 0.5) is 0 Å². The Kier molecular flexibility index (Phi) is 4.50. The SMILES string of the molecule is Cc1ccc2c(c1)C(NCC1CCC(C(=O)N(C)C)O1)CC2. The molecule has 1 fully saturated rings. The molecule has 1 aromatic rings. The monoisotopic (exact) mass is 302 g/mol.